The van der Waals surface area contributed by atoms with Crippen molar-refractivity contribution in [2.75, 3.05) is 36.0 Å². The highest BCUT2D eigenvalue weighted by molar-refractivity contribution is 5.49. The number of anilines is 2. The van der Waals surface area contributed by atoms with Crippen LogP contribution in [0, 0.1) is 6.92 Å². The number of aryl methyl sites for hydroxylation is 1. The van der Waals surface area contributed by atoms with E-state index in [0.717, 1.165) is 56.4 Å². The molecular formula is C18H24N6. The summed E-state index contributed by atoms with van der Waals surface area (Å²) >= 11 is 0. The van der Waals surface area contributed by atoms with E-state index in [-0.39, 0.29) is 0 Å². The average Bonchev–Trinajstić information content (AvgIpc) is 2.60. The molecule has 1 aliphatic heterocycles. The lowest BCUT2D eigenvalue weighted by molar-refractivity contribution is 0.345. The molecule has 1 aliphatic carbocycles. The Morgan fingerprint density at radius 3 is 2.50 bits per heavy atom. The van der Waals surface area contributed by atoms with Crippen molar-refractivity contribution in [1.82, 2.24) is 15.0 Å². The highest BCUT2D eigenvalue weighted by atomic mass is 15.3. The zero-order valence-corrected chi connectivity index (χ0v) is 14.1. The average molecular weight is 324 g/mol. The van der Waals surface area contributed by atoms with Gasteiger partial charge in [-0.2, -0.15) is 0 Å². The number of piperazine rings is 1. The maximum Gasteiger partial charge on any atom is 0.132 e. The van der Waals surface area contributed by atoms with Gasteiger partial charge in [-0.05, 0) is 31.4 Å². The standard InChI is InChI=1S/C18H24N6/c1-13-3-2-4-20-18(13)24-7-5-23(6-8-24)17-11-16(21-12-22-17)14-9-15(19)10-14/h2-4,11-12,14-15H,5-10,19H2,1H3. The molecule has 2 aliphatic rings. The second-order valence-electron chi connectivity index (χ2n) is 6.85. The predicted molar refractivity (Wildman–Crippen MR) is 95.4 cm³/mol. The fourth-order valence-electron chi connectivity index (χ4n) is 3.62. The number of hydrogen-bond acceptors (Lipinski definition) is 6. The Bertz CT molecular complexity index is 704. The van der Waals surface area contributed by atoms with E-state index < -0.39 is 0 Å². The van der Waals surface area contributed by atoms with Crippen molar-refractivity contribution in [3.8, 4) is 0 Å². The number of rotatable bonds is 3. The first-order chi connectivity index (χ1) is 11.7. The summed E-state index contributed by atoms with van der Waals surface area (Å²) in [5.41, 5.74) is 8.28. The second-order valence-corrected chi connectivity index (χ2v) is 6.85. The Kier molecular flexibility index (Phi) is 4.06. The van der Waals surface area contributed by atoms with Gasteiger partial charge in [0, 0.05) is 56.1 Å². The molecule has 1 saturated heterocycles. The van der Waals surface area contributed by atoms with Gasteiger partial charge in [0.2, 0.25) is 0 Å². The van der Waals surface area contributed by atoms with Gasteiger partial charge in [-0.15, -0.1) is 0 Å². The van der Waals surface area contributed by atoms with E-state index >= 15 is 0 Å². The summed E-state index contributed by atoms with van der Waals surface area (Å²) in [4.78, 5) is 18.2. The summed E-state index contributed by atoms with van der Waals surface area (Å²) in [6, 6.07) is 6.61. The fraction of sp³-hybridized carbons (Fsp3) is 0.500. The Labute approximate surface area is 142 Å². The van der Waals surface area contributed by atoms with Crippen LogP contribution in [-0.4, -0.2) is 47.2 Å². The Morgan fingerprint density at radius 2 is 1.79 bits per heavy atom. The van der Waals surface area contributed by atoms with Crippen molar-refractivity contribution in [2.24, 2.45) is 5.73 Å². The van der Waals surface area contributed by atoms with Crippen LogP contribution < -0.4 is 15.5 Å². The maximum atomic E-state index is 5.90. The van der Waals surface area contributed by atoms with E-state index in [1.54, 1.807) is 6.33 Å². The monoisotopic (exact) mass is 324 g/mol. The molecule has 2 aromatic rings. The van der Waals surface area contributed by atoms with Crippen LogP contribution >= 0.6 is 0 Å². The van der Waals surface area contributed by atoms with Crippen molar-refractivity contribution in [2.45, 2.75) is 31.7 Å². The molecule has 0 atom stereocenters. The largest absolute Gasteiger partial charge is 0.353 e. The summed E-state index contributed by atoms with van der Waals surface area (Å²) in [5.74, 6) is 2.65. The van der Waals surface area contributed by atoms with Crippen LogP contribution in [0.2, 0.25) is 0 Å². The lowest BCUT2D eigenvalue weighted by atomic mass is 9.78. The zero-order valence-electron chi connectivity index (χ0n) is 14.1. The SMILES string of the molecule is Cc1cccnc1N1CCN(c2cc(C3CC(N)C3)ncn2)CC1. The first-order valence-electron chi connectivity index (χ1n) is 8.70. The van der Waals surface area contributed by atoms with Gasteiger partial charge in [0.1, 0.15) is 18.0 Å². The van der Waals surface area contributed by atoms with Gasteiger partial charge >= 0.3 is 0 Å². The smallest absolute Gasteiger partial charge is 0.132 e. The van der Waals surface area contributed by atoms with Crippen LogP contribution in [0.15, 0.2) is 30.7 Å². The Hall–Kier alpha value is -2.21. The van der Waals surface area contributed by atoms with E-state index in [9.17, 15) is 0 Å². The maximum absolute atomic E-state index is 5.90. The zero-order chi connectivity index (χ0) is 16.5. The highest BCUT2D eigenvalue weighted by Gasteiger charge is 2.29. The Balaban J connectivity index is 1.43. The summed E-state index contributed by atoms with van der Waals surface area (Å²) in [5, 5.41) is 0. The number of pyridine rings is 1. The molecule has 0 bridgehead atoms. The van der Waals surface area contributed by atoms with Crippen molar-refractivity contribution >= 4 is 11.6 Å². The Morgan fingerprint density at radius 1 is 1.04 bits per heavy atom. The van der Waals surface area contributed by atoms with E-state index in [4.69, 9.17) is 5.73 Å². The minimum atomic E-state index is 0.346. The molecule has 4 rings (SSSR count). The molecule has 0 radical (unpaired) electrons. The molecule has 6 nitrogen and oxygen atoms in total. The fourth-order valence-corrected chi connectivity index (χ4v) is 3.62. The van der Waals surface area contributed by atoms with E-state index in [0.29, 0.717) is 12.0 Å². The van der Waals surface area contributed by atoms with Crippen LogP contribution in [0.3, 0.4) is 0 Å². The lowest BCUT2D eigenvalue weighted by Crippen LogP contribution is -2.47. The first-order valence-corrected chi connectivity index (χ1v) is 8.70. The molecule has 24 heavy (non-hydrogen) atoms. The van der Waals surface area contributed by atoms with Gasteiger partial charge in [-0.1, -0.05) is 6.07 Å². The van der Waals surface area contributed by atoms with Crippen molar-refractivity contribution in [3.05, 3.63) is 42.0 Å². The summed E-state index contributed by atoms with van der Waals surface area (Å²) in [6.45, 7) is 5.96. The molecular weight excluding hydrogens is 300 g/mol. The van der Waals surface area contributed by atoms with E-state index in [1.165, 1.54) is 5.56 Å². The molecule has 0 amide bonds. The van der Waals surface area contributed by atoms with Crippen LogP contribution in [-0.2, 0) is 0 Å². The summed E-state index contributed by atoms with van der Waals surface area (Å²) in [7, 11) is 0. The van der Waals surface area contributed by atoms with Crippen LogP contribution in [0.5, 0.6) is 0 Å². The van der Waals surface area contributed by atoms with E-state index in [1.807, 2.05) is 12.3 Å². The lowest BCUT2D eigenvalue weighted by Gasteiger charge is -2.37. The van der Waals surface area contributed by atoms with Gasteiger partial charge in [-0.25, -0.2) is 15.0 Å². The minimum absolute atomic E-state index is 0.346. The molecule has 2 fully saturated rings. The predicted octanol–water partition coefficient (Wildman–Crippen LogP) is 1.71. The van der Waals surface area contributed by atoms with Gasteiger partial charge < -0.3 is 15.5 Å². The number of nitrogens with two attached hydrogens (primary N) is 1. The molecule has 0 spiro atoms. The van der Waals surface area contributed by atoms with Crippen LogP contribution in [0.1, 0.15) is 30.0 Å². The topological polar surface area (TPSA) is 71.2 Å². The molecule has 6 heteroatoms. The minimum Gasteiger partial charge on any atom is -0.353 e. The van der Waals surface area contributed by atoms with Crippen molar-refractivity contribution in [3.63, 3.8) is 0 Å². The first kappa shape index (κ1) is 15.3. The third-order valence-corrected chi connectivity index (χ3v) is 5.15. The third kappa shape index (κ3) is 2.94. The molecule has 0 aromatic carbocycles. The summed E-state index contributed by atoms with van der Waals surface area (Å²) in [6.07, 6.45) is 5.66. The molecule has 1 saturated carbocycles. The molecule has 2 aromatic heterocycles. The quantitative estimate of drug-likeness (QED) is 0.927. The number of hydrogen-bond donors (Lipinski definition) is 1. The normalized spacial score (nSPS) is 23.9. The van der Waals surface area contributed by atoms with Crippen molar-refractivity contribution in [1.29, 1.82) is 0 Å². The molecule has 0 unspecified atom stereocenters. The second kappa shape index (κ2) is 6.36. The number of nitrogens with zero attached hydrogens (tertiary/aromatic N) is 5. The van der Waals surface area contributed by atoms with E-state index in [2.05, 4.69) is 43.8 Å². The highest BCUT2D eigenvalue weighted by Crippen LogP contribution is 2.35. The van der Waals surface area contributed by atoms with Crippen molar-refractivity contribution < 1.29 is 0 Å². The van der Waals surface area contributed by atoms with Crippen LogP contribution in [0.4, 0.5) is 11.6 Å². The summed E-state index contributed by atoms with van der Waals surface area (Å²) < 4.78 is 0. The van der Waals surface area contributed by atoms with Gasteiger partial charge in [0.25, 0.3) is 0 Å². The van der Waals surface area contributed by atoms with Gasteiger partial charge in [-0.3, -0.25) is 0 Å². The molecule has 2 N–H and O–H groups in total. The number of aromatic nitrogens is 3. The van der Waals surface area contributed by atoms with Gasteiger partial charge in [0.05, 0.1) is 0 Å². The third-order valence-electron chi connectivity index (χ3n) is 5.15. The van der Waals surface area contributed by atoms with Gasteiger partial charge in [0.15, 0.2) is 0 Å². The molecule has 3 heterocycles. The molecule has 126 valence electrons. The van der Waals surface area contributed by atoms with Crippen LogP contribution in [0.25, 0.3) is 0 Å².